The van der Waals surface area contributed by atoms with Gasteiger partial charge in [-0.05, 0) is 185 Å². The average Bonchev–Trinajstić information content (AvgIpc) is 3.78. The Bertz CT molecular complexity index is 2300. The van der Waals surface area contributed by atoms with Gasteiger partial charge in [0.05, 0.1) is 13.1 Å². The molecule has 0 bridgehead atoms. The van der Waals surface area contributed by atoms with E-state index in [0.717, 1.165) is 46.8 Å². The Kier molecular flexibility index (Phi) is 23.4. The number of nitrogens with zero attached hydrogens (tertiary/aromatic N) is 2. The van der Waals surface area contributed by atoms with Crippen LogP contribution >= 0.6 is 58.0 Å². The van der Waals surface area contributed by atoms with Crippen molar-refractivity contribution in [2.75, 3.05) is 13.2 Å². The Labute approximate surface area is 436 Å². The molecular weight excluding hydrogens is 988 g/mol. The molecule has 6 aromatic carbocycles. The van der Waals surface area contributed by atoms with Crippen LogP contribution in [0.3, 0.4) is 0 Å². The van der Waals surface area contributed by atoms with Crippen LogP contribution in [0.5, 0.6) is 0 Å². The van der Waals surface area contributed by atoms with Crippen molar-refractivity contribution in [1.29, 1.82) is 0 Å². The maximum absolute atomic E-state index is 7.92. The van der Waals surface area contributed by atoms with Crippen LogP contribution in [0.1, 0.15) is 79.6 Å². The molecule has 0 amide bonds. The SMILES string of the molecule is C1CCOC1.Cl[C-](Cl)C(Cl)(Cl)Cl.[C-]#[N+]c1c(-c2c(C)cc(C)cc2C)cccc1-c1c(C)cc(C)cc1C.[C-]#[N+]c1c(-c2c(C)cc(C)cc2C)cccc1-c1c(C)cc(C)cc1C.[Cl-].[Ni+2]. The van der Waals surface area contributed by atoms with Gasteiger partial charge in [0.15, 0.2) is 0 Å². The summed E-state index contributed by atoms with van der Waals surface area (Å²) >= 11 is 25.4. The zero-order valence-corrected chi connectivity index (χ0v) is 45.3. The first-order valence-electron chi connectivity index (χ1n) is 21.3. The topological polar surface area (TPSA) is 17.9 Å². The minimum absolute atomic E-state index is 0. The van der Waals surface area contributed by atoms with Crippen molar-refractivity contribution in [3.05, 3.63) is 179 Å². The third-order valence-electron chi connectivity index (χ3n) is 11.1. The molecule has 66 heavy (non-hydrogen) atoms. The predicted octanol–water partition coefficient (Wildman–Crippen LogP) is 16.0. The van der Waals surface area contributed by atoms with Crippen molar-refractivity contribution in [2.45, 2.75) is 99.7 Å². The second-order valence-electron chi connectivity index (χ2n) is 16.8. The Hall–Kier alpha value is -3.51. The van der Waals surface area contributed by atoms with E-state index in [1.54, 1.807) is 0 Å². The third-order valence-corrected chi connectivity index (χ3v) is 12.8. The van der Waals surface area contributed by atoms with E-state index >= 15 is 0 Å². The number of benzene rings is 6. The summed E-state index contributed by atoms with van der Waals surface area (Å²) in [5.74, 6) is 0. The quantitative estimate of drug-likeness (QED) is 0.0977. The standard InChI is InChI=1S/2C25H25N.C4H8O.C2Cl5.ClH.Ni/c2*1-15-11-17(3)23(18(4)12-15)21-9-8-10-22(25(21)26-7)24-19(5)13-16(2)14-20(24)6;1-2-4-5-3-1;3-1(4)2(5,6)7;;/h2*8-14H,1-6H3;1-4H2;;1H;/q;;;-1;;+2/p-1. The fraction of sp³-hybridized carbons (Fsp3) is 0.304. The molecule has 0 saturated carbocycles. The van der Waals surface area contributed by atoms with Crippen LogP contribution < -0.4 is 12.4 Å². The first-order chi connectivity index (χ1) is 30.1. The maximum atomic E-state index is 7.92. The number of halogens is 6. The smallest absolute Gasteiger partial charge is 1.00 e. The molecule has 350 valence electrons. The normalized spacial score (nSPS) is 11.6. The first kappa shape index (κ1) is 58.6. The van der Waals surface area contributed by atoms with Crippen LogP contribution in [-0.4, -0.2) is 17.0 Å². The summed E-state index contributed by atoms with van der Waals surface area (Å²) in [6, 6.07) is 30.1. The van der Waals surface area contributed by atoms with Crippen molar-refractivity contribution in [3.63, 3.8) is 0 Å². The summed E-state index contributed by atoms with van der Waals surface area (Å²) < 4.78 is 3.31. The van der Waals surface area contributed by atoms with Crippen molar-refractivity contribution < 1.29 is 33.6 Å². The number of hydrogen-bond donors (Lipinski definition) is 0. The Morgan fingerprint density at radius 3 is 0.788 bits per heavy atom. The molecule has 3 nitrogen and oxygen atoms in total. The van der Waals surface area contributed by atoms with Crippen molar-refractivity contribution >= 4 is 69.4 Å². The van der Waals surface area contributed by atoms with E-state index in [1.165, 1.54) is 102 Å². The summed E-state index contributed by atoms with van der Waals surface area (Å²) in [5.41, 5.74) is 25.2. The van der Waals surface area contributed by atoms with Gasteiger partial charge >= 0.3 is 16.5 Å². The zero-order chi connectivity index (χ0) is 47.6. The van der Waals surface area contributed by atoms with Crippen LogP contribution in [-0.2, 0) is 21.2 Å². The van der Waals surface area contributed by atoms with Crippen LogP contribution in [0.25, 0.3) is 54.2 Å². The molecule has 1 fully saturated rings. The van der Waals surface area contributed by atoms with Crippen LogP contribution in [0.15, 0.2) is 84.9 Å². The monoisotopic (exact) mass is 1040 g/mol. The largest absolute Gasteiger partial charge is 2.00 e. The van der Waals surface area contributed by atoms with Crippen LogP contribution in [0, 0.1) is 101 Å². The summed E-state index contributed by atoms with van der Waals surface area (Å²) in [6.07, 6.45) is 2.56. The summed E-state index contributed by atoms with van der Waals surface area (Å²) in [4.78, 5) is 7.70. The van der Waals surface area contributed by atoms with Crippen molar-refractivity contribution in [1.82, 2.24) is 0 Å². The molecule has 7 rings (SSSR count). The van der Waals surface area contributed by atoms with Gasteiger partial charge in [0.2, 0.25) is 11.4 Å². The molecule has 0 atom stereocenters. The Balaban J connectivity index is 0.000000354. The number of alkyl halides is 3. The van der Waals surface area contributed by atoms with E-state index in [0.29, 0.717) is 0 Å². The average molecular weight is 1050 g/mol. The molecule has 10 heteroatoms. The number of rotatable bonds is 4. The molecule has 1 aliphatic rings. The van der Waals surface area contributed by atoms with Crippen LogP contribution in [0.2, 0.25) is 0 Å². The number of ether oxygens (including phenoxy) is 1. The molecule has 0 radical (unpaired) electrons. The van der Waals surface area contributed by atoms with E-state index in [4.69, 9.17) is 75.9 Å². The van der Waals surface area contributed by atoms with Gasteiger partial charge in [0.25, 0.3) is 0 Å². The van der Waals surface area contributed by atoms with Gasteiger partial charge < -0.3 is 40.3 Å². The molecule has 0 aliphatic carbocycles. The minimum Gasteiger partial charge on any atom is -1.00 e. The van der Waals surface area contributed by atoms with Gasteiger partial charge in [-0.2, -0.15) is 0 Å². The molecule has 6 aromatic rings. The van der Waals surface area contributed by atoms with E-state index in [1.807, 2.05) is 0 Å². The zero-order valence-electron chi connectivity index (χ0n) is 39.8. The first-order valence-corrected chi connectivity index (χ1v) is 23.2. The van der Waals surface area contributed by atoms with E-state index in [-0.39, 0.29) is 33.7 Å². The second kappa shape index (κ2) is 26.3. The van der Waals surface area contributed by atoms with Gasteiger partial charge in [0.1, 0.15) is 3.79 Å². The van der Waals surface area contributed by atoms with Crippen molar-refractivity contribution in [3.8, 4) is 44.5 Å². The molecule has 0 N–H and O–H groups in total. The van der Waals surface area contributed by atoms with Crippen molar-refractivity contribution in [2.24, 2.45) is 0 Å². The third kappa shape index (κ3) is 15.0. The van der Waals surface area contributed by atoms with Gasteiger partial charge in [-0.1, -0.05) is 112 Å². The van der Waals surface area contributed by atoms with Crippen LogP contribution in [0.4, 0.5) is 11.4 Å². The Morgan fingerprint density at radius 1 is 0.455 bits per heavy atom. The fourth-order valence-electron chi connectivity index (χ4n) is 9.06. The van der Waals surface area contributed by atoms with E-state index in [9.17, 15) is 0 Å². The second-order valence-corrected chi connectivity index (χ2v) is 20.0. The van der Waals surface area contributed by atoms with Gasteiger partial charge in [0, 0.05) is 13.2 Å². The summed E-state index contributed by atoms with van der Waals surface area (Å²) in [6.45, 7) is 43.4. The minimum atomic E-state index is -1.64. The molecule has 1 heterocycles. The number of aryl methyl sites for hydroxylation is 12. The van der Waals surface area contributed by atoms with E-state index < -0.39 is 3.79 Å². The van der Waals surface area contributed by atoms with Gasteiger partial charge in [-0.25, -0.2) is 9.69 Å². The molecule has 0 aromatic heterocycles. The molecule has 1 aliphatic heterocycles. The Morgan fingerprint density at radius 2 is 0.652 bits per heavy atom. The molecule has 1 saturated heterocycles. The molecular formula is C56H58Cl6N2NiO. The predicted molar refractivity (Wildman–Crippen MR) is 279 cm³/mol. The summed E-state index contributed by atoms with van der Waals surface area (Å²) in [5, 5.41) is 0. The number of para-hydroxylation sites is 2. The molecule has 0 spiro atoms. The van der Waals surface area contributed by atoms with Gasteiger partial charge in [-0.15, -0.1) is 34.8 Å². The maximum Gasteiger partial charge on any atom is 2.00 e. The summed E-state index contributed by atoms with van der Waals surface area (Å²) in [7, 11) is 0. The van der Waals surface area contributed by atoms with E-state index in [2.05, 4.69) is 178 Å². The number of hydrogen-bond acceptors (Lipinski definition) is 1. The molecule has 0 unspecified atom stereocenters. The van der Waals surface area contributed by atoms with Gasteiger partial charge in [-0.3, -0.25) is 0 Å². The fourth-order valence-corrected chi connectivity index (χ4v) is 9.06.